The van der Waals surface area contributed by atoms with Crippen molar-refractivity contribution in [1.29, 1.82) is 0 Å². The number of aryl methyl sites for hydroxylation is 2. The van der Waals surface area contributed by atoms with Crippen molar-refractivity contribution in [2.45, 2.75) is 44.9 Å². The van der Waals surface area contributed by atoms with Crippen LogP contribution in [0.15, 0.2) is 97.1 Å². The third-order valence-electron chi connectivity index (χ3n) is 7.27. The fourth-order valence-electron chi connectivity index (χ4n) is 5.12. The van der Waals surface area contributed by atoms with Crippen LogP contribution in [0.3, 0.4) is 0 Å². The Labute approximate surface area is 217 Å². The van der Waals surface area contributed by atoms with Crippen LogP contribution in [0, 0.1) is 13.8 Å². The predicted molar refractivity (Wildman–Crippen MR) is 144 cm³/mol. The molecule has 0 atom stereocenters. The van der Waals surface area contributed by atoms with Crippen LogP contribution in [0.2, 0.25) is 0 Å². The molecule has 0 aromatic heterocycles. The maximum atomic E-state index is 12.5. The molecule has 1 aliphatic rings. The monoisotopic (exact) mass is 490 g/mol. The molecule has 1 aliphatic carbocycles. The van der Waals surface area contributed by atoms with E-state index < -0.39 is 0 Å². The van der Waals surface area contributed by atoms with Crippen LogP contribution in [0.25, 0.3) is 0 Å². The highest BCUT2D eigenvalue weighted by Crippen LogP contribution is 2.47. The van der Waals surface area contributed by atoms with Gasteiger partial charge in [-0.05, 0) is 86.3 Å². The van der Waals surface area contributed by atoms with Crippen molar-refractivity contribution in [2.75, 3.05) is 0 Å². The highest BCUT2D eigenvalue weighted by Gasteiger charge is 2.37. The molecule has 4 aromatic carbocycles. The first-order valence-electron chi connectivity index (χ1n) is 12.7. The van der Waals surface area contributed by atoms with Crippen molar-refractivity contribution < 1.29 is 19.1 Å². The van der Waals surface area contributed by atoms with Crippen molar-refractivity contribution in [1.82, 2.24) is 0 Å². The zero-order valence-electron chi connectivity index (χ0n) is 21.2. The van der Waals surface area contributed by atoms with Gasteiger partial charge in [-0.15, -0.1) is 0 Å². The summed E-state index contributed by atoms with van der Waals surface area (Å²) in [4.78, 5) is 25.0. The molecule has 0 amide bonds. The van der Waals surface area contributed by atoms with Gasteiger partial charge in [0.1, 0.15) is 11.5 Å². The van der Waals surface area contributed by atoms with Gasteiger partial charge in [0.25, 0.3) is 0 Å². The lowest BCUT2D eigenvalue weighted by atomic mass is 9.73. The second-order valence-corrected chi connectivity index (χ2v) is 9.85. The Balaban J connectivity index is 1.31. The van der Waals surface area contributed by atoms with Gasteiger partial charge < -0.3 is 9.47 Å². The van der Waals surface area contributed by atoms with Crippen LogP contribution >= 0.6 is 0 Å². The van der Waals surface area contributed by atoms with Crippen LogP contribution in [0.1, 0.15) is 68.7 Å². The van der Waals surface area contributed by atoms with Gasteiger partial charge in [-0.25, -0.2) is 9.59 Å². The number of hydrogen-bond donors (Lipinski definition) is 0. The zero-order valence-corrected chi connectivity index (χ0v) is 21.2. The topological polar surface area (TPSA) is 52.6 Å². The molecule has 4 aromatic rings. The average molecular weight is 491 g/mol. The van der Waals surface area contributed by atoms with Gasteiger partial charge in [0.2, 0.25) is 0 Å². The third kappa shape index (κ3) is 5.34. The number of esters is 2. The molecule has 0 radical (unpaired) electrons. The number of ether oxygens (including phenoxy) is 2. The summed E-state index contributed by atoms with van der Waals surface area (Å²) in [6.45, 7) is 3.97. The summed E-state index contributed by atoms with van der Waals surface area (Å²) in [5.41, 5.74) is 5.55. The van der Waals surface area contributed by atoms with E-state index in [4.69, 9.17) is 9.47 Å². The standard InChI is InChI=1S/C33H30O4/c1-23-5-9-25(10-6-23)31(34)36-29-17-13-27(14-18-29)33(21-3-4-22-33)28-15-19-30(20-16-28)37-32(35)26-11-7-24(2)8-12-26/h5-20H,3-4,21-22H2,1-2H3. The zero-order chi connectivity index (χ0) is 25.8. The average Bonchev–Trinajstić information content (AvgIpc) is 3.41. The fraction of sp³-hybridized carbons (Fsp3) is 0.212. The van der Waals surface area contributed by atoms with Gasteiger partial charge in [0, 0.05) is 5.41 Å². The van der Waals surface area contributed by atoms with Crippen molar-refractivity contribution in [2.24, 2.45) is 0 Å². The fourth-order valence-corrected chi connectivity index (χ4v) is 5.12. The highest BCUT2D eigenvalue weighted by molar-refractivity contribution is 5.91. The normalized spacial score (nSPS) is 14.2. The van der Waals surface area contributed by atoms with E-state index >= 15 is 0 Å². The first-order valence-corrected chi connectivity index (χ1v) is 12.7. The first kappa shape index (κ1) is 24.5. The number of carbonyl (C=O) groups is 2. The van der Waals surface area contributed by atoms with Crippen LogP contribution < -0.4 is 9.47 Å². The largest absolute Gasteiger partial charge is 0.423 e. The lowest BCUT2D eigenvalue weighted by Crippen LogP contribution is -2.23. The van der Waals surface area contributed by atoms with Gasteiger partial charge >= 0.3 is 11.9 Å². The smallest absolute Gasteiger partial charge is 0.343 e. The SMILES string of the molecule is Cc1ccc(C(=O)Oc2ccc(C3(c4ccc(OC(=O)c5ccc(C)cc5)cc4)CCCC3)cc2)cc1. The van der Waals surface area contributed by atoms with Crippen molar-refractivity contribution in [3.05, 3.63) is 130 Å². The summed E-state index contributed by atoms with van der Waals surface area (Å²) < 4.78 is 11.2. The van der Waals surface area contributed by atoms with Crippen LogP contribution in [-0.2, 0) is 5.41 Å². The molecular weight excluding hydrogens is 460 g/mol. The molecule has 0 bridgehead atoms. The second kappa shape index (κ2) is 10.4. The second-order valence-electron chi connectivity index (χ2n) is 9.85. The molecule has 0 aliphatic heterocycles. The molecule has 0 spiro atoms. The summed E-state index contributed by atoms with van der Waals surface area (Å²) in [7, 11) is 0. The van der Waals surface area contributed by atoms with Crippen LogP contribution in [-0.4, -0.2) is 11.9 Å². The van der Waals surface area contributed by atoms with Gasteiger partial charge in [0.15, 0.2) is 0 Å². The molecule has 4 nitrogen and oxygen atoms in total. The molecule has 0 unspecified atom stereocenters. The molecule has 4 heteroatoms. The van der Waals surface area contributed by atoms with Gasteiger partial charge in [-0.2, -0.15) is 0 Å². The maximum absolute atomic E-state index is 12.5. The van der Waals surface area contributed by atoms with E-state index in [0.717, 1.165) is 36.8 Å². The Hall–Kier alpha value is -4.18. The van der Waals surface area contributed by atoms with Gasteiger partial charge in [-0.1, -0.05) is 72.5 Å². The molecule has 1 fully saturated rings. The molecule has 5 rings (SSSR count). The minimum absolute atomic E-state index is 0.112. The van der Waals surface area contributed by atoms with E-state index in [1.165, 1.54) is 11.1 Å². The molecule has 0 saturated heterocycles. The highest BCUT2D eigenvalue weighted by atomic mass is 16.5. The van der Waals surface area contributed by atoms with E-state index in [0.29, 0.717) is 22.6 Å². The van der Waals surface area contributed by atoms with Crippen molar-refractivity contribution in [3.63, 3.8) is 0 Å². The van der Waals surface area contributed by atoms with Crippen molar-refractivity contribution >= 4 is 11.9 Å². The van der Waals surface area contributed by atoms with Gasteiger partial charge in [-0.3, -0.25) is 0 Å². The number of rotatable bonds is 6. The Morgan fingerprint density at radius 3 is 1.24 bits per heavy atom. The minimum atomic E-state index is -0.362. The lowest BCUT2D eigenvalue weighted by molar-refractivity contribution is 0.0725. The molecular formula is C33H30O4. The predicted octanol–water partition coefficient (Wildman–Crippen LogP) is 7.60. The molecule has 186 valence electrons. The van der Waals surface area contributed by atoms with E-state index in [-0.39, 0.29) is 17.4 Å². The number of hydrogen-bond acceptors (Lipinski definition) is 4. The summed E-state index contributed by atoms with van der Waals surface area (Å²) in [5, 5.41) is 0. The molecule has 1 saturated carbocycles. The number of benzene rings is 4. The maximum Gasteiger partial charge on any atom is 0.343 e. The number of carbonyl (C=O) groups excluding carboxylic acids is 2. The molecule has 0 heterocycles. The first-order chi connectivity index (χ1) is 17.9. The summed E-state index contributed by atoms with van der Waals surface area (Å²) in [6, 6.07) is 30.5. The lowest BCUT2D eigenvalue weighted by Gasteiger charge is -2.31. The Kier molecular flexibility index (Phi) is 6.91. The van der Waals surface area contributed by atoms with E-state index in [1.54, 1.807) is 24.3 Å². The Morgan fingerprint density at radius 1 is 0.541 bits per heavy atom. The molecule has 0 N–H and O–H groups in total. The molecule has 37 heavy (non-hydrogen) atoms. The van der Waals surface area contributed by atoms with Crippen molar-refractivity contribution in [3.8, 4) is 11.5 Å². The van der Waals surface area contributed by atoms with E-state index in [9.17, 15) is 9.59 Å². The summed E-state index contributed by atoms with van der Waals surface area (Å²) in [5.74, 6) is 0.333. The Morgan fingerprint density at radius 2 is 0.892 bits per heavy atom. The van der Waals surface area contributed by atoms with E-state index in [1.807, 2.05) is 62.4 Å². The minimum Gasteiger partial charge on any atom is -0.423 e. The summed E-state index contributed by atoms with van der Waals surface area (Å²) >= 11 is 0. The third-order valence-corrected chi connectivity index (χ3v) is 7.27. The Bertz CT molecular complexity index is 1270. The summed E-state index contributed by atoms with van der Waals surface area (Å²) in [6.07, 6.45) is 4.37. The van der Waals surface area contributed by atoms with Gasteiger partial charge in [0.05, 0.1) is 11.1 Å². The van der Waals surface area contributed by atoms with Crippen LogP contribution in [0.5, 0.6) is 11.5 Å². The van der Waals surface area contributed by atoms with E-state index in [2.05, 4.69) is 24.3 Å². The quantitative estimate of drug-likeness (QED) is 0.206. The van der Waals surface area contributed by atoms with Crippen LogP contribution in [0.4, 0.5) is 0 Å².